The Morgan fingerprint density at radius 2 is 2.00 bits per heavy atom. The van der Waals surface area contributed by atoms with Crippen molar-refractivity contribution in [3.05, 3.63) is 0 Å². The Kier molecular flexibility index (Phi) is 6.45. The second kappa shape index (κ2) is 7.34. The molecule has 0 radical (unpaired) electrons. The van der Waals surface area contributed by atoms with Crippen LogP contribution in [0.1, 0.15) is 40.0 Å². The highest BCUT2D eigenvalue weighted by molar-refractivity contribution is 4.83. The van der Waals surface area contributed by atoms with Crippen molar-refractivity contribution < 1.29 is 0 Å². The number of rotatable bonds is 7. The van der Waals surface area contributed by atoms with E-state index in [1.807, 2.05) is 0 Å². The molecule has 0 bridgehead atoms. The molecule has 102 valence electrons. The minimum atomic E-state index is 0.621. The molecule has 2 unspecified atom stereocenters. The highest BCUT2D eigenvalue weighted by Gasteiger charge is 2.26. The molecule has 1 N–H and O–H groups in total. The molecule has 3 nitrogen and oxygen atoms in total. The molecule has 1 fully saturated rings. The fraction of sp³-hybridized carbons (Fsp3) is 1.00. The van der Waals surface area contributed by atoms with Gasteiger partial charge in [0.25, 0.3) is 0 Å². The Balaban J connectivity index is 2.14. The normalized spacial score (nSPS) is 23.8. The third kappa shape index (κ3) is 5.36. The second-order valence-corrected chi connectivity index (χ2v) is 6.00. The zero-order chi connectivity index (χ0) is 12.8. The number of likely N-dealkylation sites (N-methyl/N-ethyl adjacent to an activating group) is 1. The van der Waals surface area contributed by atoms with Gasteiger partial charge in [0, 0.05) is 31.2 Å². The van der Waals surface area contributed by atoms with Crippen LogP contribution >= 0.6 is 0 Å². The highest BCUT2D eigenvalue weighted by atomic mass is 15.2. The van der Waals surface area contributed by atoms with Crippen molar-refractivity contribution in [3.8, 4) is 0 Å². The van der Waals surface area contributed by atoms with Crippen LogP contribution in [0.4, 0.5) is 0 Å². The molecule has 1 aliphatic rings. The minimum Gasteiger partial charge on any atom is -0.315 e. The molecule has 1 rings (SSSR count). The van der Waals surface area contributed by atoms with Gasteiger partial charge in [-0.25, -0.2) is 0 Å². The summed E-state index contributed by atoms with van der Waals surface area (Å²) in [7, 11) is 4.40. The summed E-state index contributed by atoms with van der Waals surface area (Å²) in [6, 6.07) is 2.13. The van der Waals surface area contributed by atoms with Crippen molar-refractivity contribution in [2.45, 2.75) is 58.2 Å². The molecule has 1 heterocycles. The standard InChI is InChI=1S/C14H31N3/c1-12(2)15-9-6-7-13(3)17-10-8-14(11-17)16(4)5/h12-15H,6-11H2,1-5H3. The van der Waals surface area contributed by atoms with Gasteiger partial charge in [-0.05, 0) is 46.8 Å². The summed E-state index contributed by atoms with van der Waals surface area (Å²) < 4.78 is 0. The Bertz CT molecular complexity index is 204. The first-order valence-corrected chi connectivity index (χ1v) is 7.14. The van der Waals surface area contributed by atoms with Crippen molar-refractivity contribution in [2.24, 2.45) is 0 Å². The molecule has 2 atom stereocenters. The number of nitrogens with zero attached hydrogens (tertiary/aromatic N) is 2. The summed E-state index contributed by atoms with van der Waals surface area (Å²) in [4.78, 5) is 5.02. The molecule has 0 aliphatic carbocycles. The summed E-state index contributed by atoms with van der Waals surface area (Å²) in [5.74, 6) is 0. The largest absolute Gasteiger partial charge is 0.315 e. The smallest absolute Gasteiger partial charge is 0.0229 e. The third-order valence-electron chi connectivity index (χ3n) is 3.90. The molecular formula is C14H31N3. The maximum atomic E-state index is 3.49. The molecule has 0 amide bonds. The van der Waals surface area contributed by atoms with E-state index in [1.54, 1.807) is 0 Å². The van der Waals surface area contributed by atoms with Crippen molar-refractivity contribution in [2.75, 3.05) is 33.7 Å². The van der Waals surface area contributed by atoms with E-state index in [0.29, 0.717) is 6.04 Å². The predicted octanol–water partition coefficient (Wildman–Crippen LogP) is 1.79. The van der Waals surface area contributed by atoms with Crippen molar-refractivity contribution in [3.63, 3.8) is 0 Å². The SMILES string of the molecule is CC(C)NCCCC(C)N1CCC(N(C)C)C1. The van der Waals surface area contributed by atoms with E-state index >= 15 is 0 Å². The number of nitrogens with one attached hydrogen (secondary N) is 1. The molecule has 1 aliphatic heterocycles. The summed E-state index contributed by atoms with van der Waals surface area (Å²) in [5, 5.41) is 3.49. The average Bonchev–Trinajstić information content (AvgIpc) is 2.73. The van der Waals surface area contributed by atoms with E-state index in [4.69, 9.17) is 0 Å². The molecule has 0 aromatic carbocycles. The molecular weight excluding hydrogens is 210 g/mol. The molecule has 0 saturated carbocycles. The second-order valence-electron chi connectivity index (χ2n) is 6.00. The minimum absolute atomic E-state index is 0.621. The Hall–Kier alpha value is -0.120. The number of likely N-dealkylation sites (tertiary alicyclic amines) is 1. The zero-order valence-electron chi connectivity index (χ0n) is 12.4. The van der Waals surface area contributed by atoms with Gasteiger partial charge >= 0.3 is 0 Å². The lowest BCUT2D eigenvalue weighted by Crippen LogP contribution is -2.36. The zero-order valence-corrected chi connectivity index (χ0v) is 12.4. The maximum absolute atomic E-state index is 3.49. The van der Waals surface area contributed by atoms with Gasteiger partial charge in [0.2, 0.25) is 0 Å². The van der Waals surface area contributed by atoms with Gasteiger partial charge in [0.1, 0.15) is 0 Å². The number of hydrogen-bond donors (Lipinski definition) is 1. The van der Waals surface area contributed by atoms with Crippen LogP contribution in [0.3, 0.4) is 0 Å². The molecule has 0 aromatic rings. The molecule has 0 spiro atoms. The predicted molar refractivity (Wildman–Crippen MR) is 75.5 cm³/mol. The van der Waals surface area contributed by atoms with Crippen LogP contribution in [-0.4, -0.2) is 61.7 Å². The Labute approximate surface area is 108 Å². The van der Waals surface area contributed by atoms with Gasteiger partial charge in [-0.1, -0.05) is 13.8 Å². The average molecular weight is 241 g/mol. The quantitative estimate of drug-likeness (QED) is 0.686. The first-order chi connectivity index (χ1) is 8.00. The Morgan fingerprint density at radius 1 is 1.29 bits per heavy atom. The van der Waals surface area contributed by atoms with E-state index in [-0.39, 0.29) is 0 Å². The van der Waals surface area contributed by atoms with E-state index in [9.17, 15) is 0 Å². The first-order valence-electron chi connectivity index (χ1n) is 7.14. The van der Waals surface area contributed by atoms with Crippen molar-refractivity contribution in [1.29, 1.82) is 0 Å². The van der Waals surface area contributed by atoms with Gasteiger partial charge < -0.3 is 10.2 Å². The lowest BCUT2D eigenvalue weighted by atomic mass is 10.1. The summed E-state index contributed by atoms with van der Waals surface area (Å²) in [6.45, 7) is 10.5. The lowest BCUT2D eigenvalue weighted by Gasteiger charge is -2.26. The van der Waals surface area contributed by atoms with E-state index in [2.05, 4.69) is 50.0 Å². The van der Waals surface area contributed by atoms with Gasteiger partial charge in [-0.3, -0.25) is 4.90 Å². The fourth-order valence-corrected chi connectivity index (χ4v) is 2.56. The molecule has 0 aromatic heterocycles. The topological polar surface area (TPSA) is 18.5 Å². The lowest BCUT2D eigenvalue weighted by molar-refractivity contribution is 0.215. The van der Waals surface area contributed by atoms with E-state index in [1.165, 1.54) is 32.4 Å². The summed E-state index contributed by atoms with van der Waals surface area (Å²) >= 11 is 0. The maximum Gasteiger partial charge on any atom is 0.0229 e. The summed E-state index contributed by atoms with van der Waals surface area (Å²) in [5.41, 5.74) is 0. The van der Waals surface area contributed by atoms with E-state index in [0.717, 1.165) is 18.6 Å². The van der Waals surface area contributed by atoms with Crippen LogP contribution in [0.2, 0.25) is 0 Å². The molecule has 3 heteroatoms. The summed E-state index contributed by atoms with van der Waals surface area (Å²) in [6.07, 6.45) is 3.95. The fourth-order valence-electron chi connectivity index (χ4n) is 2.56. The van der Waals surface area contributed by atoms with Crippen LogP contribution in [0.15, 0.2) is 0 Å². The van der Waals surface area contributed by atoms with Crippen LogP contribution in [-0.2, 0) is 0 Å². The van der Waals surface area contributed by atoms with E-state index < -0.39 is 0 Å². The first kappa shape index (κ1) is 14.9. The van der Waals surface area contributed by atoms with Crippen molar-refractivity contribution >= 4 is 0 Å². The molecule has 1 saturated heterocycles. The van der Waals surface area contributed by atoms with Crippen LogP contribution in [0, 0.1) is 0 Å². The van der Waals surface area contributed by atoms with Gasteiger partial charge in [-0.2, -0.15) is 0 Å². The van der Waals surface area contributed by atoms with Gasteiger partial charge in [0.15, 0.2) is 0 Å². The monoisotopic (exact) mass is 241 g/mol. The van der Waals surface area contributed by atoms with Crippen LogP contribution in [0.25, 0.3) is 0 Å². The van der Waals surface area contributed by atoms with Gasteiger partial charge in [-0.15, -0.1) is 0 Å². The molecule has 17 heavy (non-hydrogen) atoms. The van der Waals surface area contributed by atoms with Crippen molar-refractivity contribution in [1.82, 2.24) is 15.1 Å². The van der Waals surface area contributed by atoms with Crippen LogP contribution < -0.4 is 5.32 Å². The van der Waals surface area contributed by atoms with Crippen LogP contribution in [0.5, 0.6) is 0 Å². The third-order valence-corrected chi connectivity index (χ3v) is 3.90. The van der Waals surface area contributed by atoms with Gasteiger partial charge in [0.05, 0.1) is 0 Å². The highest BCUT2D eigenvalue weighted by Crippen LogP contribution is 2.18. The Morgan fingerprint density at radius 3 is 2.53 bits per heavy atom. The number of hydrogen-bond acceptors (Lipinski definition) is 3.